The number of aromatic nitrogens is 2. The van der Waals surface area contributed by atoms with E-state index >= 15 is 0 Å². The second kappa shape index (κ2) is 6.88. The fourth-order valence-corrected chi connectivity index (χ4v) is 3.16. The quantitative estimate of drug-likeness (QED) is 0.938. The van der Waals surface area contributed by atoms with Gasteiger partial charge in [-0.05, 0) is 38.8 Å². The van der Waals surface area contributed by atoms with Gasteiger partial charge in [-0.1, -0.05) is 30.3 Å². The minimum absolute atomic E-state index is 0.453. The molecule has 1 saturated heterocycles. The molecule has 0 saturated carbocycles. The Kier molecular flexibility index (Phi) is 4.68. The third kappa shape index (κ3) is 3.63. The van der Waals surface area contributed by atoms with E-state index in [0.717, 1.165) is 24.6 Å². The minimum Gasteiger partial charge on any atom is -0.366 e. The van der Waals surface area contributed by atoms with E-state index in [9.17, 15) is 0 Å². The lowest BCUT2D eigenvalue weighted by molar-refractivity contribution is 0.165. The Morgan fingerprint density at radius 3 is 2.82 bits per heavy atom. The molecule has 0 bridgehead atoms. The van der Waals surface area contributed by atoms with Crippen molar-refractivity contribution in [1.29, 1.82) is 0 Å². The van der Waals surface area contributed by atoms with Crippen LogP contribution in [0.5, 0.6) is 0 Å². The van der Waals surface area contributed by atoms with Crippen molar-refractivity contribution in [2.75, 3.05) is 18.4 Å². The first kappa shape index (κ1) is 15.0. The highest BCUT2D eigenvalue weighted by Gasteiger charge is 2.24. The van der Waals surface area contributed by atoms with E-state index in [1.54, 1.807) is 6.33 Å². The van der Waals surface area contributed by atoms with Crippen molar-refractivity contribution < 1.29 is 0 Å². The number of hydrogen-bond acceptors (Lipinski definition) is 4. The number of hydrogen-bond donors (Lipinski definition) is 1. The summed E-state index contributed by atoms with van der Waals surface area (Å²) in [7, 11) is 0. The monoisotopic (exact) mass is 296 g/mol. The van der Waals surface area contributed by atoms with Gasteiger partial charge in [-0.2, -0.15) is 0 Å². The molecule has 2 heterocycles. The smallest absolute Gasteiger partial charge is 0.129 e. The fourth-order valence-electron chi connectivity index (χ4n) is 3.16. The lowest BCUT2D eigenvalue weighted by atomic mass is 10.0. The van der Waals surface area contributed by atoms with Crippen LogP contribution >= 0.6 is 0 Å². The molecule has 1 aliphatic rings. The summed E-state index contributed by atoms with van der Waals surface area (Å²) in [5.74, 6) is 0.937. The van der Waals surface area contributed by atoms with Crippen molar-refractivity contribution >= 4 is 5.82 Å². The van der Waals surface area contributed by atoms with Gasteiger partial charge < -0.3 is 5.32 Å². The summed E-state index contributed by atoms with van der Waals surface area (Å²) in [6.07, 6.45) is 4.05. The molecule has 0 spiro atoms. The van der Waals surface area contributed by atoms with E-state index < -0.39 is 0 Å². The number of rotatable bonds is 4. The van der Waals surface area contributed by atoms with E-state index in [4.69, 9.17) is 0 Å². The van der Waals surface area contributed by atoms with Gasteiger partial charge in [0.15, 0.2) is 0 Å². The molecule has 22 heavy (non-hydrogen) atoms. The van der Waals surface area contributed by atoms with Crippen LogP contribution < -0.4 is 5.32 Å². The predicted molar refractivity (Wildman–Crippen MR) is 89.8 cm³/mol. The lowest BCUT2D eigenvalue weighted by Gasteiger charge is -2.37. The van der Waals surface area contributed by atoms with Gasteiger partial charge in [0, 0.05) is 30.4 Å². The van der Waals surface area contributed by atoms with Crippen molar-refractivity contribution in [3.63, 3.8) is 0 Å². The Morgan fingerprint density at radius 1 is 1.23 bits per heavy atom. The van der Waals surface area contributed by atoms with Crippen LogP contribution in [0, 0.1) is 6.92 Å². The molecule has 2 aromatic rings. The second-order valence-corrected chi connectivity index (χ2v) is 6.11. The number of aryl methyl sites for hydroxylation is 1. The number of piperidine rings is 1. The standard InChI is InChI=1S/C18H24N4/c1-14-11-18(20-13-19-14)21-17-9-6-10-22(12-17)15(2)16-7-4-3-5-8-16/h3-5,7-8,11,13,15,17H,6,9-10,12H2,1-2H3,(H,19,20,21). The van der Waals surface area contributed by atoms with E-state index in [1.165, 1.54) is 18.4 Å². The van der Waals surface area contributed by atoms with Crippen LogP contribution in [-0.4, -0.2) is 34.0 Å². The van der Waals surface area contributed by atoms with E-state index in [2.05, 4.69) is 57.4 Å². The summed E-state index contributed by atoms with van der Waals surface area (Å²) in [6, 6.07) is 13.7. The topological polar surface area (TPSA) is 41.0 Å². The van der Waals surface area contributed by atoms with Crippen LogP contribution in [0.1, 0.15) is 37.1 Å². The number of nitrogens with one attached hydrogen (secondary N) is 1. The van der Waals surface area contributed by atoms with Crippen LogP contribution in [0.25, 0.3) is 0 Å². The van der Waals surface area contributed by atoms with Crippen molar-refractivity contribution in [3.05, 3.63) is 54.0 Å². The summed E-state index contributed by atoms with van der Waals surface area (Å²) >= 11 is 0. The fraction of sp³-hybridized carbons (Fsp3) is 0.444. The molecule has 2 atom stereocenters. The van der Waals surface area contributed by atoms with Crippen molar-refractivity contribution in [1.82, 2.24) is 14.9 Å². The third-order valence-electron chi connectivity index (χ3n) is 4.44. The lowest BCUT2D eigenvalue weighted by Crippen LogP contribution is -2.43. The zero-order chi connectivity index (χ0) is 15.4. The van der Waals surface area contributed by atoms with Crippen LogP contribution in [0.3, 0.4) is 0 Å². The zero-order valence-corrected chi connectivity index (χ0v) is 13.4. The van der Waals surface area contributed by atoms with Gasteiger partial charge in [-0.15, -0.1) is 0 Å². The highest BCUT2D eigenvalue weighted by Crippen LogP contribution is 2.25. The first-order valence-electron chi connectivity index (χ1n) is 8.06. The highest BCUT2D eigenvalue weighted by molar-refractivity contribution is 5.36. The van der Waals surface area contributed by atoms with E-state index in [-0.39, 0.29) is 0 Å². The Balaban J connectivity index is 1.64. The normalized spacial score (nSPS) is 20.5. The summed E-state index contributed by atoms with van der Waals surface area (Å²) in [4.78, 5) is 11.0. The van der Waals surface area contributed by atoms with E-state index in [1.807, 2.05) is 13.0 Å². The Bertz CT molecular complexity index is 599. The van der Waals surface area contributed by atoms with Gasteiger partial charge in [-0.3, -0.25) is 4.90 Å². The van der Waals surface area contributed by atoms with Gasteiger partial charge in [0.05, 0.1) is 0 Å². The average Bonchev–Trinajstić information content (AvgIpc) is 2.55. The number of likely N-dealkylation sites (tertiary alicyclic amines) is 1. The number of anilines is 1. The molecule has 4 heteroatoms. The molecule has 2 unspecified atom stereocenters. The van der Waals surface area contributed by atoms with Crippen LogP contribution in [-0.2, 0) is 0 Å². The summed E-state index contributed by atoms with van der Waals surface area (Å²) in [6.45, 7) is 6.51. The second-order valence-electron chi connectivity index (χ2n) is 6.11. The maximum Gasteiger partial charge on any atom is 0.129 e. The summed E-state index contributed by atoms with van der Waals surface area (Å²) in [5.41, 5.74) is 2.39. The predicted octanol–water partition coefficient (Wildman–Crippen LogP) is 3.42. The minimum atomic E-state index is 0.453. The van der Waals surface area contributed by atoms with Gasteiger partial charge >= 0.3 is 0 Å². The van der Waals surface area contributed by atoms with Crippen LogP contribution in [0.4, 0.5) is 5.82 Å². The molecule has 1 fully saturated rings. The molecule has 4 nitrogen and oxygen atoms in total. The molecule has 1 N–H and O–H groups in total. The molecular formula is C18H24N4. The zero-order valence-electron chi connectivity index (χ0n) is 13.4. The average molecular weight is 296 g/mol. The Labute approximate surface area is 132 Å². The molecule has 1 aromatic heterocycles. The summed E-state index contributed by atoms with van der Waals surface area (Å²) < 4.78 is 0. The Morgan fingerprint density at radius 2 is 2.05 bits per heavy atom. The van der Waals surface area contributed by atoms with Crippen molar-refractivity contribution in [3.8, 4) is 0 Å². The number of nitrogens with zero attached hydrogens (tertiary/aromatic N) is 3. The molecule has 0 radical (unpaired) electrons. The molecule has 116 valence electrons. The third-order valence-corrected chi connectivity index (χ3v) is 4.44. The van der Waals surface area contributed by atoms with Crippen LogP contribution in [0.15, 0.2) is 42.7 Å². The van der Waals surface area contributed by atoms with Gasteiger partial charge in [0.1, 0.15) is 12.1 Å². The van der Waals surface area contributed by atoms with Crippen molar-refractivity contribution in [2.24, 2.45) is 0 Å². The van der Waals surface area contributed by atoms with Crippen LogP contribution in [0.2, 0.25) is 0 Å². The molecule has 0 aliphatic carbocycles. The maximum absolute atomic E-state index is 4.32. The molecule has 1 aromatic carbocycles. The molecule has 0 amide bonds. The SMILES string of the molecule is Cc1cc(NC2CCCN(C(C)c3ccccc3)C2)ncn1. The molecule has 3 rings (SSSR count). The highest BCUT2D eigenvalue weighted by atomic mass is 15.2. The Hall–Kier alpha value is -1.94. The van der Waals surface area contributed by atoms with Gasteiger partial charge in [0.25, 0.3) is 0 Å². The summed E-state index contributed by atoms with van der Waals surface area (Å²) in [5, 5.41) is 3.57. The first-order valence-corrected chi connectivity index (χ1v) is 8.06. The first-order chi connectivity index (χ1) is 10.7. The molecular weight excluding hydrogens is 272 g/mol. The van der Waals surface area contributed by atoms with Gasteiger partial charge in [0.2, 0.25) is 0 Å². The maximum atomic E-state index is 4.32. The van der Waals surface area contributed by atoms with Crippen molar-refractivity contribution in [2.45, 2.75) is 38.8 Å². The molecule has 1 aliphatic heterocycles. The van der Waals surface area contributed by atoms with E-state index in [0.29, 0.717) is 12.1 Å². The largest absolute Gasteiger partial charge is 0.366 e. The number of benzene rings is 1. The van der Waals surface area contributed by atoms with Gasteiger partial charge in [-0.25, -0.2) is 9.97 Å².